The van der Waals surface area contributed by atoms with Crippen LogP contribution in [0.25, 0.3) is 0 Å². The van der Waals surface area contributed by atoms with Crippen molar-refractivity contribution in [1.82, 2.24) is 0 Å². The molecular formula is C9H19N. The summed E-state index contributed by atoms with van der Waals surface area (Å²) in [5.41, 5.74) is 5.65. The molecule has 0 aliphatic heterocycles. The van der Waals surface area contributed by atoms with E-state index in [9.17, 15) is 0 Å². The Morgan fingerprint density at radius 1 is 1.50 bits per heavy atom. The van der Waals surface area contributed by atoms with Crippen molar-refractivity contribution in [2.24, 2.45) is 17.6 Å². The summed E-state index contributed by atoms with van der Waals surface area (Å²) in [4.78, 5) is 0. The van der Waals surface area contributed by atoms with E-state index in [4.69, 9.17) is 5.73 Å². The minimum atomic E-state index is 0.861. The van der Waals surface area contributed by atoms with E-state index in [1.165, 1.54) is 32.1 Å². The number of nitrogens with two attached hydrogens (primary N) is 1. The minimum absolute atomic E-state index is 0.861. The second kappa shape index (κ2) is 3.97. The summed E-state index contributed by atoms with van der Waals surface area (Å²) in [6.07, 6.45) is 6.97. The Bertz CT molecular complexity index is 86.7. The number of hydrogen-bond donors (Lipinski definition) is 1. The molecule has 0 bridgehead atoms. The third-order valence-electron chi connectivity index (χ3n) is 2.52. The zero-order chi connectivity index (χ0) is 7.40. The first kappa shape index (κ1) is 8.06. The first-order valence-corrected chi connectivity index (χ1v) is 4.58. The average Bonchev–Trinajstić information content (AvgIpc) is 2.73. The third kappa shape index (κ3) is 2.30. The summed E-state index contributed by atoms with van der Waals surface area (Å²) < 4.78 is 0. The van der Waals surface area contributed by atoms with E-state index in [1.807, 2.05) is 0 Å². The van der Waals surface area contributed by atoms with Gasteiger partial charge in [0.25, 0.3) is 0 Å². The van der Waals surface area contributed by atoms with Crippen LogP contribution >= 0.6 is 0 Å². The fourth-order valence-corrected chi connectivity index (χ4v) is 1.58. The molecule has 0 aromatic rings. The standard InChI is InChI=1S/C9H19N/c1-2-3-4-9(7-10)8-5-6-8/h8-9H,2-7,10H2,1H3. The molecule has 1 atom stereocenters. The fraction of sp³-hybridized carbons (Fsp3) is 1.00. The molecule has 0 saturated heterocycles. The van der Waals surface area contributed by atoms with Crippen molar-refractivity contribution in [2.45, 2.75) is 39.0 Å². The van der Waals surface area contributed by atoms with Crippen molar-refractivity contribution in [1.29, 1.82) is 0 Å². The monoisotopic (exact) mass is 141 g/mol. The molecule has 1 aliphatic rings. The van der Waals surface area contributed by atoms with Gasteiger partial charge in [-0.05, 0) is 37.6 Å². The maximum absolute atomic E-state index is 5.65. The van der Waals surface area contributed by atoms with Gasteiger partial charge in [-0.15, -0.1) is 0 Å². The van der Waals surface area contributed by atoms with Gasteiger partial charge in [-0.2, -0.15) is 0 Å². The van der Waals surface area contributed by atoms with Crippen LogP contribution in [0.2, 0.25) is 0 Å². The van der Waals surface area contributed by atoms with Crippen LogP contribution in [0, 0.1) is 11.8 Å². The molecule has 1 nitrogen and oxygen atoms in total. The molecule has 0 aromatic carbocycles. The molecule has 0 aromatic heterocycles. The number of unbranched alkanes of at least 4 members (excludes halogenated alkanes) is 1. The van der Waals surface area contributed by atoms with Crippen molar-refractivity contribution in [3.05, 3.63) is 0 Å². The van der Waals surface area contributed by atoms with E-state index in [2.05, 4.69) is 6.92 Å². The molecule has 10 heavy (non-hydrogen) atoms. The van der Waals surface area contributed by atoms with Crippen LogP contribution in [-0.4, -0.2) is 6.54 Å². The van der Waals surface area contributed by atoms with E-state index < -0.39 is 0 Å². The molecule has 1 rings (SSSR count). The van der Waals surface area contributed by atoms with Gasteiger partial charge in [0.05, 0.1) is 0 Å². The summed E-state index contributed by atoms with van der Waals surface area (Å²) in [5, 5.41) is 0. The maximum Gasteiger partial charge on any atom is -0.00462 e. The van der Waals surface area contributed by atoms with Crippen LogP contribution in [0.1, 0.15) is 39.0 Å². The van der Waals surface area contributed by atoms with Gasteiger partial charge in [-0.1, -0.05) is 19.8 Å². The van der Waals surface area contributed by atoms with Gasteiger partial charge < -0.3 is 5.73 Å². The minimum Gasteiger partial charge on any atom is -0.330 e. The Labute approximate surface area is 64.0 Å². The van der Waals surface area contributed by atoms with Crippen molar-refractivity contribution in [2.75, 3.05) is 6.54 Å². The van der Waals surface area contributed by atoms with Gasteiger partial charge in [0, 0.05) is 0 Å². The summed E-state index contributed by atoms with van der Waals surface area (Å²) in [6, 6.07) is 0. The highest BCUT2D eigenvalue weighted by Crippen LogP contribution is 2.38. The lowest BCUT2D eigenvalue weighted by Gasteiger charge is -2.11. The Kier molecular flexibility index (Phi) is 3.20. The molecule has 1 aliphatic carbocycles. The summed E-state index contributed by atoms with van der Waals surface area (Å²) >= 11 is 0. The van der Waals surface area contributed by atoms with E-state index in [1.54, 1.807) is 0 Å². The summed E-state index contributed by atoms with van der Waals surface area (Å²) in [6.45, 7) is 3.17. The molecular weight excluding hydrogens is 122 g/mol. The normalized spacial score (nSPS) is 21.0. The molecule has 1 fully saturated rings. The first-order chi connectivity index (χ1) is 4.88. The van der Waals surface area contributed by atoms with E-state index in [0.717, 1.165) is 18.4 Å². The molecule has 1 saturated carbocycles. The smallest absolute Gasteiger partial charge is 0.00462 e. The van der Waals surface area contributed by atoms with Crippen LogP contribution in [-0.2, 0) is 0 Å². The average molecular weight is 141 g/mol. The van der Waals surface area contributed by atoms with Gasteiger partial charge in [-0.3, -0.25) is 0 Å². The quantitative estimate of drug-likeness (QED) is 0.624. The fourth-order valence-electron chi connectivity index (χ4n) is 1.58. The van der Waals surface area contributed by atoms with Gasteiger partial charge in [0.15, 0.2) is 0 Å². The molecule has 60 valence electrons. The van der Waals surface area contributed by atoms with Crippen LogP contribution in [0.5, 0.6) is 0 Å². The largest absolute Gasteiger partial charge is 0.330 e. The molecule has 1 unspecified atom stereocenters. The van der Waals surface area contributed by atoms with Gasteiger partial charge in [0.1, 0.15) is 0 Å². The molecule has 0 spiro atoms. The molecule has 1 heteroatoms. The lowest BCUT2D eigenvalue weighted by atomic mass is 9.97. The first-order valence-electron chi connectivity index (χ1n) is 4.58. The van der Waals surface area contributed by atoms with Crippen molar-refractivity contribution in [3.63, 3.8) is 0 Å². The summed E-state index contributed by atoms with van der Waals surface area (Å²) in [5.74, 6) is 1.87. The lowest BCUT2D eigenvalue weighted by molar-refractivity contribution is 0.423. The number of rotatable bonds is 5. The Morgan fingerprint density at radius 3 is 2.60 bits per heavy atom. The Balaban J connectivity index is 2.07. The lowest BCUT2D eigenvalue weighted by Crippen LogP contribution is -2.15. The van der Waals surface area contributed by atoms with Crippen molar-refractivity contribution in [3.8, 4) is 0 Å². The second-order valence-corrected chi connectivity index (χ2v) is 3.48. The molecule has 0 radical (unpaired) electrons. The van der Waals surface area contributed by atoms with E-state index in [-0.39, 0.29) is 0 Å². The van der Waals surface area contributed by atoms with Crippen LogP contribution < -0.4 is 5.73 Å². The highest BCUT2D eigenvalue weighted by Gasteiger charge is 2.29. The second-order valence-electron chi connectivity index (χ2n) is 3.48. The third-order valence-corrected chi connectivity index (χ3v) is 2.52. The predicted octanol–water partition coefficient (Wildman–Crippen LogP) is 2.16. The zero-order valence-corrected chi connectivity index (χ0v) is 6.97. The topological polar surface area (TPSA) is 26.0 Å². The molecule has 0 amide bonds. The summed E-state index contributed by atoms with van der Waals surface area (Å²) in [7, 11) is 0. The maximum atomic E-state index is 5.65. The SMILES string of the molecule is CCCCC(CN)C1CC1. The van der Waals surface area contributed by atoms with Gasteiger partial charge >= 0.3 is 0 Å². The van der Waals surface area contributed by atoms with Crippen LogP contribution in [0.3, 0.4) is 0 Å². The Morgan fingerprint density at radius 2 is 2.20 bits per heavy atom. The van der Waals surface area contributed by atoms with Gasteiger partial charge in [0.2, 0.25) is 0 Å². The van der Waals surface area contributed by atoms with Crippen molar-refractivity contribution < 1.29 is 0 Å². The van der Waals surface area contributed by atoms with Crippen LogP contribution in [0.15, 0.2) is 0 Å². The highest BCUT2D eigenvalue weighted by molar-refractivity contribution is 4.81. The molecule has 2 N–H and O–H groups in total. The van der Waals surface area contributed by atoms with E-state index in [0.29, 0.717) is 0 Å². The van der Waals surface area contributed by atoms with Gasteiger partial charge in [-0.25, -0.2) is 0 Å². The van der Waals surface area contributed by atoms with Crippen LogP contribution in [0.4, 0.5) is 0 Å². The van der Waals surface area contributed by atoms with Crippen molar-refractivity contribution >= 4 is 0 Å². The highest BCUT2D eigenvalue weighted by atomic mass is 14.6. The Hall–Kier alpha value is -0.0400. The van der Waals surface area contributed by atoms with E-state index >= 15 is 0 Å². The zero-order valence-electron chi connectivity index (χ0n) is 6.97. The number of hydrogen-bond acceptors (Lipinski definition) is 1. The predicted molar refractivity (Wildman–Crippen MR) is 44.8 cm³/mol. The molecule has 0 heterocycles.